The fourth-order valence-corrected chi connectivity index (χ4v) is 2.42. The Morgan fingerprint density at radius 3 is 3.00 bits per heavy atom. The molecule has 13 heavy (non-hydrogen) atoms. The van der Waals surface area contributed by atoms with Gasteiger partial charge in [-0.15, -0.1) is 0 Å². The van der Waals surface area contributed by atoms with E-state index in [9.17, 15) is 4.79 Å². The zero-order valence-corrected chi connectivity index (χ0v) is 8.46. The summed E-state index contributed by atoms with van der Waals surface area (Å²) in [5.74, 6) is 0.911. The van der Waals surface area contributed by atoms with Gasteiger partial charge in [0.2, 0.25) is 0 Å². The first kappa shape index (κ1) is 10.8. The molecule has 0 saturated carbocycles. The van der Waals surface area contributed by atoms with Gasteiger partial charge in [-0.05, 0) is 6.92 Å². The lowest BCUT2D eigenvalue weighted by Gasteiger charge is -2.33. The van der Waals surface area contributed by atoms with Crippen molar-refractivity contribution < 1.29 is 15.0 Å². The molecular formula is C8H15NO3S. The monoisotopic (exact) mass is 205 g/mol. The van der Waals surface area contributed by atoms with E-state index in [4.69, 9.17) is 10.2 Å². The van der Waals surface area contributed by atoms with Crippen LogP contribution in [0.4, 0.5) is 0 Å². The number of rotatable bonds is 3. The van der Waals surface area contributed by atoms with E-state index in [1.807, 2.05) is 16.7 Å². The number of nitrogens with zero attached hydrogens (tertiary/aromatic N) is 1. The number of hydrogen-bond donors (Lipinski definition) is 2. The molecule has 1 aliphatic heterocycles. The number of thioether (sulfide) groups is 1. The van der Waals surface area contributed by atoms with Gasteiger partial charge in [0.25, 0.3) is 0 Å². The van der Waals surface area contributed by atoms with Crippen molar-refractivity contribution >= 4 is 17.7 Å². The number of aliphatic carboxylic acids is 1. The predicted molar refractivity (Wildman–Crippen MR) is 52.0 cm³/mol. The number of β-amino-alcohol motifs (C(OH)–C–C–N with tert-alkyl or cyclic N) is 1. The summed E-state index contributed by atoms with van der Waals surface area (Å²) >= 11 is 1.87. The summed E-state index contributed by atoms with van der Waals surface area (Å²) in [5.41, 5.74) is 0. The fraction of sp³-hybridized carbons (Fsp3) is 0.875. The van der Waals surface area contributed by atoms with Crippen LogP contribution in [0.2, 0.25) is 0 Å². The zero-order chi connectivity index (χ0) is 9.84. The topological polar surface area (TPSA) is 60.8 Å². The van der Waals surface area contributed by atoms with Gasteiger partial charge in [-0.3, -0.25) is 4.90 Å². The minimum Gasteiger partial charge on any atom is -0.479 e. The Bertz CT molecular complexity index is 188. The van der Waals surface area contributed by atoms with Crippen LogP contribution in [-0.2, 0) is 4.79 Å². The predicted octanol–water partition coefficient (Wildman–Crippen LogP) is -0.131. The number of aliphatic hydroxyl groups is 1. The summed E-state index contributed by atoms with van der Waals surface area (Å²) in [5, 5.41) is 17.7. The van der Waals surface area contributed by atoms with Crippen molar-refractivity contribution in [1.82, 2.24) is 4.90 Å². The Labute approximate surface area is 81.9 Å². The van der Waals surface area contributed by atoms with Gasteiger partial charge in [0.1, 0.15) is 0 Å². The molecular weight excluding hydrogens is 190 g/mol. The largest absolute Gasteiger partial charge is 0.479 e. The van der Waals surface area contributed by atoms with E-state index in [2.05, 4.69) is 6.92 Å². The van der Waals surface area contributed by atoms with E-state index in [0.29, 0.717) is 6.04 Å². The maximum absolute atomic E-state index is 10.4. The van der Waals surface area contributed by atoms with Gasteiger partial charge in [-0.1, -0.05) is 0 Å². The number of hydrogen-bond acceptors (Lipinski definition) is 4. The Morgan fingerprint density at radius 1 is 1.77 bits per heavy atom. The van der Waals surface area contributed by atoms with Gasteiger partial charge < -0.3 is 10.2 Å². The maximum atomic E-state index is 10.4. The molecule has 1 heterocycles. The third-order valence-electron chi connectivity index (χ3n) is 2.20. The van der Waals surface area contributed by atoms with Gasteiger partial charge >= 0.3 is 5.97 Å². The molecule has 0 aromatic carbocycles. The lowest BCUT2D eigenvalue weighted by molar-refractivity contribution is -0.147. The second-order valence-electron chi connectivity index (χ2n) is 3.27. The van der Waals surface area contributed by atoms with E-state index < -0.39 is 12.1 Å². The van der Waals surface area contributed by atoms with Crippen molar-refractivity contribution in [3.8, 4) is 0 Å². The molecule has 0 spiro atoms. The SMILES string of the molecule is CC1CSCCN1CC(O)C(=O)O. The van der Waals surface area contributed by atoms with Crippen LogP contribution >= 0.6 is 11.8 Å². The van der Waals surface area contributed by atoms with E-state index in [1.54, 1.807) is 0 Å². The first-order chi connectivity index (χ1) is 6.11. The molecule has 0 bridgehead atoms. The van der Waals surface area contributed by atoms with Crippen molar-refractivity contribution in [3.63, 3.8) is 0 Å². The summed E-state index contributed by atoms with van der Waals surface area (Å²) in [6.07, 6.45) is -1.24. The summed E-state index contributed by atoms with van der Waals surface area (Å²) in [4.78, 5) is 12.4. The quantitative estimate of drug-likeness (QED) is 0.672. The van der Waals surface area contributed by atoms with Crippen LogP contribution in [0.15, 0.2) is 0 Å². The molecule has 0 radical (unpaired) electrons. The number of carboxylic acids is 1. The van der Waals surface area contributed by atoms with Gasteiger partial charge in [-0.25, -0.2) is 4.79 Å². The molecule has 2 atom stereocenters. The highest BCUT2D eigenvalue weighted by Crippen LogP contribution is 2.15. The zero-order valence-electron chi connectivity index (χ0n) is 7.64. The van der Waals surface area contributed by atoms with Gasteiger partial charge in [0, 0.05) is 30.6 Å². The first-order valence-electron chi connectivity index (χ1n) is 4.34. The number of carboxylic acid groups (broad SMARTS) is 1. The van der Waals surface area contributed by atoms with E-state index in [1.165, 1.54) is 0 Å². The molecule has 0 aliphatic carbocycles. The number of carbonyl (C=O) groups is 1. The standard InChI is InChI=1S/C8H15NO3S/c1-6-5-13-3-2-9(6)4-7(10)8(11)12/h6-7,10H,2-5H2,1H3,(H,11,12). The summed E-state index contributed by atoms with van der Waals surface area (Å²) in [7, 11) is 0. The summed E-state index contributed by atoms with van der Waals surface area (Å²) in [6.45, 7) is 3.17. The second-order valence-corrected chi connectivity index (χ2v) is 4.42. The van der Waals surface area contributed by atoms with Crippen LogP contribution < -0.4 is 0 Å². The fourth-order valence-electron chi connectivity index (χ4n) is 1.33. The highest BCUT2D eigenvalue weighted by atomic mass is 32.2. The molecule has 5 heteroatoms. The molecule has 2 N–H and O–H groups in total. The first-order valence-corrected chi connectivity index (χ1v) is 5.49. The van der Waals surface area contributed by atoms with Gasteiger partial charge in [-0.2, -0.15) is 11.8 Å². The molecule has 0 aromatic heterocycles. The smallest absolute Gasteiger partial charge is 0.333 e. The molecule has 1 saturated heterocycles. The molecule has 2 unspecified atom stereocenters. The minimum absolute atomic E-state index is 0.247. The van der Waals surface area contributed by atoms with Crippen LogP contribution in [0.1, 0.15) is 6.92 Å². The third kappa shape index (κ3) is 3.17. The average molecular weight is 205 g/mol. The van der Waals surface area contributed by atoms with Crippen LogP contribution in [-0.4, -0.2) is 57.8 Å². The number of aliphatic hydroxyl groups excluding tert-OH is 1. The lowest BCUT2D eigenvalue weighted by atomic mass is 10.2. The Kier molecular flexibility index (Phi) is 4.02. The summed E-state index contributed by atoms with van der Waals surface area (Å²) < 4.78 is 0. The lowest BCUT2D eigenvalue weighted by Crippen LogP contribution is -2.46. The van der Waals surface area contributed by atoms with Crippen LogP contribution in [0, 0.1) is 0 Å². The van der Waals surface area contributed by atoms with Crippen molar-refractivity contribution in [2.45, 2.75) is 19.1 Å². The molecule has 1 aliphatic rings. The molecule has 1 fully saturated rings. The van der Waals surface area contributed by atoms with Gasteiger partial charge in [0.15, 0.2) is 6.10 Å². The Morgan fingerprint density at radius 2 is 2.46 bits per heavy atom. The second kappa shape index (κ2) is 4.83. The van der Waals surface area contributed by atoms with Crippen molar-refractivity contribution in [2.24, 2.45) is 0 Å². The Hall–Kier alpha value is -0.260. The van der Waals surface area contributed by atoms with E-state index in [-0.39, 0.29) is 6.54 Å². The summed E-state index contributed by atoms with van der Waals surface area (Å²) in [6, 6.07) is 0.368. The van der Waals surface area contributed by atoms with Crippen molar-refractivity contribution in [1.29, 1.82) is 0 Å². The molecule has 76 valence electrons. The Balaban J connectivity index is 2.37. The van der Waals surface area contributed by atoms with Gasteiger partial charge in [0.05, 0.1) is 0 Å². The molecule has 4 nitrogen and oxygen atoms in total. The van der Waals surface area contributed by atoms with Crippen LogP contribution in [0.3, 0.4) is 0 Å². The molecule has 0 amide bonds. The maximum Gasteiger partial charge on any atom is 0.333 e. The normalized spacial score (nSPS) is 27.1. The average Bonchev–Trinajstić information content (AvgIpc) is 2.08. The van der Waals surface area contributed by atoms with Crippen molar-refractivity contribution in [2.75, 3.05) is 24.6 Å². The van der Waals surface area contributed by atoms with Crippen molar-refractivity contribution in [3.05, 3.63) is 0 Å². The van der Waals surface area contributed by atoms with Crippen LogP contribution in [0.5, 0.6) is 0 Å². The van der Waals surface area contributed by atoms with E-state index >= 15 is 0 Å². The minimum atomic E-state index is -1.24. The highest BCUT2D eigenvalue weighted by Gasteiger charge is 2.23. The van der Waals surface area contributed by atoms with E-state index in [0.717, 1.165) is 18.1 Å². The molecule has 1 rings (SSSR count). The highest BCUT2D eigenvalue weighted by molar-refractivity contribution is 7.99. The molecule has 0 aromatic rings. The van der Waals surface area contributed by atoms with Crippen LogP contribution in [0.25, 0.3) is 0 Å². The third-order valence-corrected chi connectivity index (χ3v) is 3.39.